The van der Waals surface area contributed by atoms with Gasteiger partial charge in [0.2, 0.25) is 0 Å². The van der Waals surface area contributed by atoms with Crippen LogP contribution in [0.5, 0.6) is 0 Å². The summed E-state index contributed by atoms with van der Waals surface area (Å²) in [6, 6.07) is 0. The van der Waals surface area contributed by atoms with Crippen molar-refractivity contribution >= 4 is 0 Å². The molecule has 0 amide bonds. The third kappa shape index (κ3) is 2.18. The summed E-state index contributed by atoms with van der Waals surface area (Å²) < 4.78 is 0. The molecule has 0 aromatic carbocycles. The molecule has 0 fully saturated rings. The van der Waals surface area contributed by atoms with Gasteiger partial charge in [0.1, 0.15) is 0 Å². The van der Waals surface area contributed by atoms with Gasteiger partial charge in [-0.25, -0.2) is 0 Å². The standard InChI is InChI=1S/C4H12N2/c1-4(5-2)6-3/h4-6H,1-3H3. The van der Waals surface area contributed by atoms with E-state index in [9.17, 15) is 0 Å². The van der Waals surface area contributed by atoms with Crippen molar-refractivity contribution in [2.24, 2.45) is 0 Å². The van der Waals surface area contributed by atoms with Crippen LogP contribution in [0.1, 0.15) is 6.92 Å². The van der Waals surface area contributed by atoms with E-state index in [1.54, 1.807) is 0 Å². The summed E-state index contributed by atoms with van der Waals surface area (Å²) in [4.78, 5) is 0. The van der Waals surface area contributed by atoms with Gasteiger partial charge in [0.15, 0.2) is 0 Å². The first-order valence-corrected chi connectivity index (χ1v) is 2.15. The lowest BCUT2D eigenvalue weighted by Gasteiger charge is -2.05. The molecule has 2 heteroatoms. The first-order chi connectivity index (χ1) is 2.81. The normalized spacial score (nSPS) is 10.0. The summed E-state index contributed by atoms with van der Waals surface area (Å²) >= 11 is 0. The zero-order valence-corrected chi connectivity index (χ0v) is 4.58. The molecule has 0 aliphatic heterocycles. The van der Waals surface area contributed by atoms with Gasteiger partial charge in [-0.05, 0) is 21.0 Å². The van der Waals surface area contributed by atoms with Gasteiger partial charge in [0, 0.05) is 0 Å². The Labute approximate surface area is 38.9 Å². The summed E-state index contributed by atoms with van der Waals surface area (Å²) in [7, 11) is 3.84. The molecule has 0 saturated carbocycles. The Kier molecular flexibility index (Phi) is 3.08. The van der Waals surface area contributed by atoms with Gasteiger partial charge >= 0.3 is 0 Å². The van der Waals surface area contributed by atoms with Gasteiger partial charge in [-0.15, -0.1) is 0 Å². The summed E-state index contributed by atoms with van der Waals surface area (Å²) in [5.74, 6) is 0. The maximum absolute atomic E-state index is 3.00. The molecule has 0 unspecified atom stereocenters. The largest absolute Gasteiger partial charge is 0.305 e. The molecule has 38 valence electrons. The molecule has 0 saturated heterocycles. The molecule has 2 N–H and O–H groups in total. The molecule has 0 spiro atoms. The fourth-order valence-corrected chi connectivity index (χ4v) is 0.144. The van der Waals surface area contributed by atoms with Gasteiger partial charge < -0.3 is 10.6 Å². The second kappa shape index (κ2) is 3.12. The lowest BCUT2D eigenvalue weighted by atomic mass is 10.6. The van der Waals surface area contributed by atoms with Gasteiger partial charge in [-0.3, -0.25) is 0 Å². The zero-order chi connectivity index (χ0) is 4.99. The van der Waals surface area contributed by atoms with E-state index in [1.165, 1.54) is 0 Å². The van der Waals surface area contributed by atoms with E-state index in [0.29, 0.717) is 6.17 Å². The van der Waals surface area contributed by atoms with Crippen LogP contribution in [0.25, 0.3) is 0 Å². The van der Waals surface area contributed by atoms with E-state index >= 15 is 0 Å². The SMILES string of the molecule is CNC(C)NC. The Hall–Kier alpha value is -0.0800. The molecule has 0 aliphatic rings. The molecule has 0 aromatic heterocycles. The second-order valence-electron chi connectivity index (χ2n) is 1.30. The zero-order valence-electron chi connectivity index (χ0n) is 4.58. The summed E-state index contributed by atoms with van der Waals surface area (Å²) in [6.07, 6.45) is 0.435. The Bertz CT molecular complexity index is 24.7. The van der Waals surface area contributed by atoms with Crippen molar-refractivity contribution in [1.29, 1.82) is 0 Å². The fourth-order valence-electron chi connectivity index (χ4n) is 0.144. The van der Waals surface area contributed by atoms with Crippen LogP contribution in [0.4, 0.5) is 0 Å². The molecular weight excluding hydrogens is 76.1 g/mol. The van der Waals surface area contributed by atoms with Gasteiger partial charge in [0.05, 0.1) is 6.17 Å². The molecule has 0 bridgehead atoms. The third-order valence-corrected chi connectivity index (χ3v) is 0.866. The highest BCUT2D eigenvalue weighted by molar-refractivity contribution is 4.44. The minimum Gasteiger partial charge on any atom is -0.305 e. The molecule has 0 rings (SSSR count). The first kappa shape index (κ1) is 5.92. The number of hydrogen-bond acceptors (Lipinski definition) is 2. The average molecular weight is 88.2 g/mol. The van der Waals surface area contributed by atoms with Crippen molar-refractivity contribution in [3.63, 3.8) is 0 Å². The molecule has 2 nitrogen and oxygen atoms in total. The Balaban J connectivity index is 2.75. The number of nitrogens with one attached hydrogen (secondary N) is 2. The Morgan fingerprint density at radius 3 is 1.50 bits per heavy atom. The minimum atomic E-state index is 0.435. The van der Waals surface area contributed by atoms with Crippen molar-refractivity contribution in [3.05, 3.63) is 0 Å². The highest BCUT2D eigenvalue weighted by Crippen LogP contribution is 1.61. The second-order valence-corrected chi connectivity index (χ2v) is 1.30. The summed E-state index contributed by atoms with van der Waals surface area (Å²) in [6.45, 7) is 2.06. The van der Waals surface area contributed by atoms with Gasteiger partial charge in [-0.2, -0.15) is 0 Å². The summed E-state index contributed by atoms with van der Waals surface area (Å²) in [5, 5.41) is 6.01. The van der Waals surface area contributed by atoms with Crippen molar-refractivity contribution in [2.75, 3.05) is 14.1 Å². The Morgan fingerprint density at radius 2 is 1.50 bits per heavy atom. The van der Waals surface area contributed by atoms with Crippen LogP contribution in [0.3, 0.4) is 0 Å². The predicted octanol–water partition coefficient (Wildman–Crippen LogP) is -0.229. The summed E-state index contributed by atoms with van der Waals surface area (Å²) in [5.41, 5.74) is 0. The maximum atomic E-state index is 3.00. The molecule has 0 aliphatic carbocycles. The topological polar surface area (TPSA) is 24.1 Å². The fraction of sp³-hybridized carbons (Fsp3) is 1.00. The predicted molar refractivity (Wildman–Crippen MR) is 27.6 cm³/mol. The quantitative estimate of drug-likeness (QED) is 0.456. The highest BCUT2D eigenvalue weighted by atomic mass is 15.1. The lowest BCUT2D eigenvalue weighted by Crippen LogP contribution is -2.34. The smallest absolute Gasteiger partial charge is 0.0537 e. The molecule has 0 heterocycles. The van der Waals surface area contributed by atoms with E-state index in [0.717, 1.165) is 0 Å². The first-order valence-electron chi connectivity index (χ1n) is 2.15. The van der Waals surface area contributed by atoms with Crippen LogP contribution in [-0.2, 0) is 0 Å². The van der Waals surface area contributed by atoms with E-state index in [1.807, 2.05) is 14.1 Å². The van der Waals surface area contributed by atoms with Gasteiger partial charge in [-0.1, -0.05) is 0 Å². The van der Waals surface area contributed by atoms with Crippen LogP contribution in [-0.4, -0.2) is 20.3 Å². The van der Waals surface area contributed by atoms with Crippen LogP contribution in [0.15, 0.2) is 0 Å². The highest BCUT2D eigenvalue weighted by Gasteiger charge is 1.84. The third-order valence-electron chi connectivity index (χ3n) is 0.866. The molecule has 0 atom stereocenters. The maximum Gasteiger partial charge on any atom is 0.0537 e. The van der Waals surface area contributed by atoms with E-state index < -0.39 is 0 Å². The molecular formula is C4H12N2. The molecule has 6 heavy (non-hydrogen) atoms. The van der Waals surface area contributed by atoms with Crippen LogP contribution < -0.4 is 10.6 Å². The molecule has 0 aromatic rings. The van der Waals surface area contributed by atoms with Gasteiger partial charge in [0.25, 0.3) is 0 Å². The van der Waals surface area contributed by atoms with E-state index in [2.05, 4.69) is 17.6 Å². The number of rotatable bonds is 2. The van der Waals surface area contributed by atoms with Crippen molar-refractivity contribution in [3.8, 4) is 0 Å². The van der Waals surface area contributed by atoms with Crippen molar-refractivity contribution in [1.82, 2.24) is 10.6 Å². The van der Waals surface area contributed by atoms with E-state index in [4.69, 9.17) is 0 Å². The monoisotopic (exact) mass is 88.1 g/mol. The van der Waals surface area contributed by atoms with Crippen molar-refractivity contribution < 1.29 is 0 Å². The minimum absolute atomic E-state index is 0.435. The average Bonchev–Trinajstić information content (AvgIpc) is 1.65. The number of hydrogen-bond donors (Lipinski definition) is 2. The van der Waals surface area contributed by atoms with Crippen LogP contribution in [0.2, 0.25) is 0 Å². The van der Waals surface area contributed by atoms with E-state index in [-0.39, 0.29) is 0 Å². The molecule has 0 radical (unpaired) electrons. The van der Waals surface area contributed by atoms with Crippen LogP contribution >= 0.6 is 0 Å². The Morgan fingerprint density at radius 1 is 1.17 bits per heavy atom. The van der Waals surface area contributed by atoms with Crippen molar-refractivity contribution in [2.45, 2.75) is 13.1 Å². The van der Waals surface area contributed by atoms with Crippen LogP contribution in [0, 0.1) is 0 Å². The lowest BCUT2D eigenvalue weighted by molar-refractivity contribution is 0.537.